The van der Waals surface area contributed by atoms with Crippen molar-refractivity contribution >= 4 is 11.6 Å². The molecular formula is C19H23NO2. The van der Waals surface area contributed by atoms with Gasteiger partial charge >= 0.3 is 0 Å². The van der Waals surface area contributed by atoms with Crippen LogP contribution < -0.4 is 10.1 Å². The third-order valence-electron chi connectivity index (χ3n) is 3.67. The molecule has 2 aromatic carbocycles. The van der Waals surface area contributed by atoms with Gasteiger partial charge in [0.15, 0.2) is 6.10 Å². The summed E-state index contributed by atoms with van der Waals surface area (Å²) in [6.07, 6.45) is -0.555. The second-order valence-electron chi connectivity index (χ2n) is 5.84. The maximum Gasteiger partial charge on any atom is 0.265 e. The summed E-state index contributed by atoms with van der Waals surface area (Å²) in [4.78, 5) is 12.3. The van der Waals surface area contributed by atoms with Crippen LogP contribution in [-0.4, -0.2) is 12.0 Å². The summed E-state index contributed by atoms with van der Waals surface area (Å²) in [6.45, 7) is 9.73. The van der Waals surface area contributed by atoms with E-state index in [2.05, 4.69) is 5.32 Å². The van der Waals surface area contributed by atoms with Gasteiger partial charge in [0.25, 0.3) is 5.91 Å². The van der Waals surface area contributed by atoms with E-state index in [1.807, 2.05) is 64.1 Å². The summed E-state index contributed by atoms with van der Waals surface area (Å²) >= 11 is 0. The highest BCUT2D eigenvalue weighted by Gasteiger charge is 2.16. The summed E-state index contributed by atoms with van der Waals surface area (Å²) in [7, 11) is 0. The second kappa shape index (κ2) is 6.65. The lowest BCUT2D eigenvalue weighted by atomic mass is 10.1. The molecule has 0 bridgehead atoms. The number of nitrogens with one attached hydrogen (secondary N) is 1. The molecule has 0 spiro atoms. The number of aryl methyl sites for hydroxylation is 4. The lowest BCUT2D eigenvalue weighted by molar-refractivity contribution is -0.122. The normalized spacial score (nSPS) is 11.9. The van der Waals surface area contributed by atoms with Crippen LogP contribution in [0.15, 0.2) is 36.4 Å². The highest BCUT2D eigenvalue weighted by Crippen LogP contribution is 2.21. The van der Waals surface area contributed by atoms with Crippen LogP contribution in [0.25, 0.3) is 0 Å². The number of ether oxygens (including phenoxy) is 1. The molecule has 0 aliphatic carbocycles. The van der Waals surface area contributed by atoms with E-state index in [-0.39, 0.29) is 5.91 Å². The number of anilines is 1. The molecule has 0 saturated heterocycles. The lowest BCUT2D eigenvalue weighted by Gasteiger charge is -2.17. The molecule has 0 radical (unpaired) electrons. The third-order valence-corrected chi connectivity index (χ3v) is 3.67. The molecule has 3 nitrogen and oxygen atoms in total. The van der Waals surface area contributed by atoms with Gasteiger partial charge in [-0.1, -0.05) is 24.3 Å². The van der Waals surface area contributed by atoms with Crippen molar-refractivity contribution in [3.05, 3.63) is 58.7 Å². The molecule has 1 amide bonds. The molecule has 1 N–H and O–H groups in total. The van der Waals surface area contributed by atoms with Crippen molar-refractivity contribution in [3.63, 3.8) is 0 Å². The summed E-state index contributed by atoms with van der Waals surface area (Å²) in [5.41, 5.74) is 5.13. The standard InChI is InChI=1S/C19H23NO2/c1-12-6-8-14(3)17(10-12)20-19(21)16(5)22-18-11-13(2)7-9-15(18)4/h6-11,16H,1-5H3,(H,20,21)/t16-/m1/s1. The van der Waals surface area contributed by atoms with Crippen LogP contribution in [-0.2, 0) is 4.79 Å². The van der Waals surface area contributed by atoms with Crippen molar-refractivity contribution in [2.45, 2.75) is 40.7 Å². The van der Waals surface area contributed by atoms with E-state index in [9.17, 15) is 4.79 Å². The van der Waals surface area contributed by atoms with E-state index in [0.29, 0.717) is 0 Å². The van der Waals surface area contributed by atoms with Gasteiger partial charge in [0.1, 0.15) is 5.75 Å². The number of hydrogen-bond acceptors (Lipinski definition) is 2. The van der Waals surface area contributed by atoms with Crippen molar-refractivity contribution in [2.75, 3.05) is 5.32 Å². The summed E-state index contributed by atoms with van der Waals surface area (Å²) in [5.74, 6) is 0.609. The molecule has 0 saturated carbocycles. The van der Waals surface area contributed by atoms with Crippen LogP contribution >= 0.6 is 0 Å². The third kappa shape index (κ3) is 3.88. The van der Waals surface area contributed by atoms with Gasteiger partial charge in [0.2, 0.25) is 0 Å². The molecular weight excluding hydrogens is 274 g/mol. The van der Waals surface area contributed by atoms with E-state index < -0.39 is 6.10 Å². The van der Waals surface area contributed by atoms with Gasteiger partial charge in [0, 0.05) is 5.69 Å². The molecule has 22 heavy (non-hydrogen) atoms. The van der Waals surface area contributed by atoms with Gasteiger partial charge in [-0.25, -0.2) is 0 Å². The smallest absolute Gasteiger partial charge is 0.265 e. The highest BCUT2D eigenvalue weighted by molar-refractivity contribution is 5.94. The zero-order valence-electron chi connectivity index (χ0n) is 13.9. The largest absolute Gasteiger partial charge is 0.481 e. The molecule has 0 heterocycles. The molecule has 1 atom stereocenters. The monoisotopic (exact) mass is 297 g/mol. The van der Waals surface area contributed by atoms with Gasteiger partial charge in [-0.3, -0.25) is 4.79 Å². The first-order valence-corrected chi connectivity index (χ1v) is 7.49. The Morgan fingerprint density at radius 1 is 0.955 bits per heavy atom. The first kappa shape index (κ1) is 16.1. The number of amides is 1. The SMILES string of the molecule is Cc1ccc(C)c(NC(=O)[C@@H](C)Oc2cc(C)ccc2C)c1. The quantitative estimate of drug-likeness (QED) is 0.912. The fourth-order valence-electron chi connectivity index (χ4n) is 2.18. The molecule has 3 heteroatoms. The number of rotatable bonds is 4. The molecule has 0 aliphatic heterocycles. The topological polar surface area (TPSA) is 38.3 Å². The van der Waals surface area contributed by atoms with Gasteiger partial charge < -0.3 is 10.1 Å². The molecule has 0 unspecified atom stereocenters. The van der Waals surface area contributed by atoms with Gasteiger partial charge in [-0.05, 0) is 69.0 Å². The van der Waals surface area contributed by atoms with Crippen LogP contribution in [0.3, 0.4) is 0 Å². The fraction of sp³-hybridized carbons (Fsp3) is 0.316. The number of carbonyl (C=O) groups excluding carboxylic acids is 1. The Bertz CT molecular complexity index is 692. The zero-order valence-corrected chi connectivity index (χ0v) is 13.9. The van der Waals surface area contributed by atoms with Crippen LogP contribution in [0.2, 0.25) is 0 Å². The first-order chi connectivity index (χ1) is 10.4. The van der Waals surface area contributed by atoms with Crippen LogP contribution in [0, 0.1) is 27.7 Å². The Labute approximate surface area is 132 Å². The van der Waals surface area contributed by atoms with E-state index in [4.69, 9.17) is 4.74 Å². The summed E-state index contributed by atoms with van der Waals surface area (Å²) < 4.78 is 5.82. The van der Waals surface area contributed by atoms with E-state index in [1.54, 1.807) is 6.92 Å². The molecule has 116 valence electrons. The van der Waals surface area contributed by atoms with E-state index >= 15 is 0 Å². The predicted octanol–water partition coefficient (Wildman–Crippen LogP) is 4.33. The van der Waals surface area contributed by atoms with Crippen LogP contribution in [0.4, 0.5) is 5.69 Å². The maximum absolute atomic E-state index is 12.3. The van der Waals surface area contributed by atoms with E-state index in [1.165, 1.54) is 0 Å². The second-order valence-corrected chi connectivity index (χ2v) is 5.84. The average Bonchev–Trinajstić information content (AvgIpc) is 2.46. The number of carbonyl (C=O) groups is 1. The minimum Gasteiger partial charge on any atom is -0.481 e. The molecule has 0 fully saturated rings. The zero-order chi connectivity index (χ0) is 16.3. The summed E-state index contributed by atoms with van der Waals surface area (Å²) in [5, 5.41) is 2.94. The molecule has 0 aromatic heterocycles. The Morgan fingerprint density at radius 3 is 2.23 bits per heavy atom. The highest BCUT2D eigenvalue weighted by atomic mass is 16.5. The van der Waals surface area contributed by atoms with Gasteiger partial charge in [-0.15, -0.1) is 0 Å². The lowest BCUT2D eigenvalue weighted by Crippen LogP contribution is -2.30. The van der Waals surface area contributed by atoms with Crippen molar-refractivity contribution in [1.82, 2.24) is 0 Å². The van der Waals surface area contributed by atoms with Gasteiger partial charge in [-0.2, -0.15) is 0 Å². The Hall–Kier alpha value is -2.29. The predicted molar refractivity (Wildman–Crippen MR) is 90.6 cm³/mol. The van der Waals surface area contributed by atoms with Crippen molar-refractivity contribution < 1.29 is 9.53 Å². The first-order valence-electron chi connectivity index (χ1n) is 7.49. The minimum absolute atomic E-state index is 0.144. The Morgan fingerprint density at radius 2 is 1.55 bits per heavy atom. The average molecular weight is 297 g/mol. The minimum atomic E-state index is -0.555. The molecule has 2 rings (SSSR count). The Balaban J connectivity index is 2.09. The van der Waals surface area contributed by atoms with Crippen molar-refractivity contribution in [1.29, 1.82) is 0 Å². The number of benzene rings is 2. The van der Waals surface area contributed by atoms with E-state index in [0.717, 1.165) is 33.7 Å². The number of hydrogen-bond donors (Lipinski definition) is 1. The van der Waals surface area contributed by atoms with Crippen LogP contribution in [0.1, 0.15) is 29.2 Å². The fourth-order valence-corrected chi connectivity index (χ4v) is 2.18. The molecule has 0 aliphatic rings. The summed E-state index contributed by atoms with van der Waals surface area (Å²) in [6, 6.07) is 12.0. The maximum atomic E-state index is 12.3. The Kier molecular flexibility index (Phi) is 4.86. The van der Waals surface area contributed by atoms with Gasteiger partial charge in [0.05, 0.1) is 0 Å². The molecule has 2 aromatic rings. The van der Waals surface area contributed by atoms with Crippen molar-refractivity contribution in [2.24, 2.45) is 0 Å². The van der Waals surface area contributed by atoms with Crippen LogP contribution in [0.5, 0.6) is 5.75 Å². The van der Waals surface area contributed by atoms with Crippen molar-refractivity contribution in [3.8, 4) is 5.75 Å².